The molecule has 224 valence electrons. The van der Waals surface area contributed by atoms with E-state index in [9.17, 15) is 4.79 Å². The molecule has 0 N–H and O–H groups in total. The lowest BCUT2D eigenvalue weighted by molar-refractivity contribution is 0.0734. The number of carbonyl (C=O) groups excluding carboxylic acids is 1. The van der Waals surface area contributed by atoms with Crippen molar-refractivity contribution < 1.29 is 14.3 Å². The molecule has 0 fully saturated rings. The fourth-order valence-electron chi connectivity index (χ4n) is 6.54. The summed E-state index contributed by atoms with van der Waals surface area (Å²) in [6.07, 6.45) is 10.6. The molecule has 4 aromatic carbocycles. The van der Waals surface area contributed by atoms with Crippen LogP contribution in [-0.4, -0.2) is 31.4 Å². The molecule has 0 saturated heterocycles. The number of nitrogens with zero attached hydrogens (tertiary/aromatic N) is 2. The Kier molecular flexibility index (Phi) is 8.13. The highest BCUT2D eigenvalue weighted by molar-refractivity contribution is 5.91. The lowest BCUT2D eigenvalue weighted by Crippen LogP contribution is -2.55. The lowest BCUT2D eigenvalue weighted by atomic mass is 9.65. The maximum Gasteiger partial charge on any atom is 0.343 e. The SMILES string of the molecule is CCCCCOc1ccc(C=Nc2ccc(C(=O)Oc3ccc4c(c3)C=CC3(C4)N(C)c4ccccc4C3(C)C)cc2)cc1. The van der Waals surface area contributed by atoms with Crippen molar-refractivity contribution in [3.8, 4) is 11.5 Å². The van der Waals surface area contributed by atoms with Crippen molar-refractivity contribution in [1.29, 1.82) is 0 Å². The molecule has 0 radical (unpaired) electrons. The summed E-state index contributed by atoms with van der Waals surface area (Å²) in [6.45, 7) is 7.59. The first-order chi connectivity index (χ1) is 21.3. The summed E-state index contributed by atoms with van der Waals surface area (Å²) in [5.74, 6) is 1.02. The lowest BCUT2D eigenvalue weighted by Gasteiger charge is -2.46. The third-order valence-corrected chi connectivity index (χ3v) is 9.31. The molecule has 1 spiro atoms. The van der Waals surface area contributed by atoms with Crippen LogP contribution in [0.1, 0.15) is 72.6 Å². The summed E-state index contributed by atoms with van der Waals surface area (Å²) < 4.78 is 11.6. The third kappa shape index (κ3) is 5.55. The molecule has 0 aromatic heterocycles. The molecule has 5 nitrogen and oxygen atoms in total. The van der Waals surface area contributed by atoms with Crippen molar-refractivity contribution in [2.75, 3.05) is 18.6 Å². The normalized spacial score (nSPS) is 18.0. The van der Waals surface area contributed by atoms with Gasteiger partial charge in [-0.3, -0.25) is 4.99 Å². The minimum absolute atomic E-state index is 0.0545. The van der Waals surface area contributed by atoms with Crippen LogP contribution < -0.4 is 14.4 Å². The molecule has 0 saturated carbocycles. The fraction of sp³-hybridized carbons (Fsp3) is 0.282. The summed E-state index contributed by atoms with van der Waals surface area (Å²) in [4.78, 5) is 20.0. The minimum Gasteiger partial charge on any atom is -0.494 e. The molecule has 6 rings (SSSR count). The van der Waals surface area contributed by atoms with Crippen LogP contribution in [0.15, 0.2) is 102 Å². The van der Waals surface area contributed by atoms with Gasteiger partial charge in [-0.1, -0.05) is 70.0 Å². The van der Waals surface area contributed by atoms with Crippen LogP contribution >= 0.6 is 0 Å². The zero-order chi connectivity index (χ0) is 30.7. The minimum atomic E-state index is -0.390. The maximum atomic E-state index is 13.0. The second-order valence-corrected chi connectivity index (χ2v) is 12.3. The molecule has 0 amide bonds. The molecule has 4 aromatic rings. The Labute approximate surface area is 260 Å². The van der Waals surface area contributed by atoms with Crippen LogP contribution in [0.5, 0.6) is 11.5 Å². The third-order valence-electron chi connectivity index (χ3n) is 9.31. The molecule has 1 atom stereocenters. The van der Waals surface area contributed by atoms with Crippen LogP contribution in [0.4, 0.5) is 11.4 Å². The van der Waals surface area contributed by atoms with E-state index in [1.54, 1.807) is 12.1 Å². The van der Waals surface area contributed by atoms with E-state index >= 15 is 0 Å². The van der Waals surface area contributed by atoms with Crippen LogP contribution in [0.25, 0.3) is 6.08 Å². The van der Waals surface area contributed by atoms with Crippen molar-refractivity contribution in [2.45, 2.75) is 57.4 Å². The number of fused-ring (bicyclic) bond motifs is 2. The van der Waals surface area contributed by atoms with Gasteiger partial charge in [-0.2, -0.15) is 0 Å². The Balaban J connectivity index is 1.08. The first-order valence-corrected chi connectivity index (χ1v) is 15.6. The standard InChI is InChI=1S/C39H40N2O3/c1-5-6-9-24-43-33-19-12-28(13-20-33)27-40-32-17-14-29(15-18-32)37(42)44-34-21-16-31-26-39(23-22-30(31)25-34)38(2,3)35-10-7-8-11-36(35)41(39)4/h7-8,10-23,25,27H,5-6,9,24,26H2,1-4H3. The van der Waals surface area contributed by atoms with E-state index in [-0.39, 0.29) is 11.0 Å². The Morgan fingerprint density at radius 3 is 2.43 bits per heavy atom. The van der Waals surface area contributed by atoms with Gasteiger partial charge in [0.05, 0.1) is 23.4 Å². The highest BCUT2D eigenvalue weighted by Crippen LogP contribution is 2.54. The first-order valence-electron chi connectivity index (χ1n) is 15.6. The number of likely N-dealkylation sites (N-methyl/N-ethyl adjacent to an activating group) is 1. The average Bonchev–Trinajstić information content (AvgIpc) is 3.20. The summed E-state index contributed by atoms with van der Waals surface area (Å²) in [7, 11) is 2.19. The first kappa shape index (κ1) is 29.4. The maximum absolute atomic E-state index is 13.0. The summed E-state index contributed by atoms with van der Waals surface area (Å²) in [5, 5.41) is 0. The quantitative estimate of drug-likeness (QED) is 0.0853. The predicted octanol–water partition coefficient (Wildman–Crippen LogP) is 8.96. The van der Waals surface area contributed by atoms with E-state index < -0.39 is 5.97 Å². The van der Waals surface area contributed by atoms with Gasteiger partial charge in [0.25, 0.3) is 0 Å². The van der Waals surface area contributed by atoms with E-state index in [1.165, 1.54) is 29.7 Å². The number of hydrogen-bond donors (Lipinski definition) is 0. The average molecular weight is 585 g/mol. The van der Waals surface area contributed by atoms with Gasteiger partial charge in [0.15, 0.2) is 0 Å². The number of ether oxygens (including phenoxy) is 2. The number of unbranched alkanes of at least 4 members (excludes halogenated alkanes) is 2. The highest BCUT2D eigenvalue weighted by Gasteiger charge is 2.54. The molecule has 44 heavy (non-hydrogen) atoms. The molecule has 1 aliphatic carbocycles. The number of anilines is 1. The van der Waals surface area contributed by atoms with E-state index in [0.717, 1.165) is 42.0 Å². The highest BCUT2D eigenvalue weighted by atomic mass is 16.5. The monoisotopic (exact) mass is 584 g/mol. The van der Waals surface area contributed by atoms with Crippen LogP contribution in [0.3, 0.4) is 0 Å². The molecular formula is C39H40N2O3. The summed E-state index contributed by atoms with van der Waals surface area (Å²) in [5.41, 5.74) is 7.00. The topological polar surface area (TPSA) is 51.1 Å². The van der Waals surface area contributed by atoms with Gasteiger partial charge in [0, 0.05) is 30.8 Å². The Morgan fingerprint density at radius 1 is 0.932 bits per heavy atom. The van der Waals surface area contributed by atoms with Gasteiger partial charge < -0.3 is 14.4 Å². The van der Waals surface area contributed by atoms with E-state index in [2.05, 4.69) is 80.2 Å². The molecule has 1 unspecified atom stereocenters. The van der Waals surface area contributed by atoms with Crippen LogP contribution in [0, 0.1) is 0 Å². The largest absolute Gasteiger partial charge is 0.494 e. The smallest absolute Gasteiger partial charge is 0.343 e. The van der Waals surface area contributed by atoms with Gasteiger partial charge in [-0.25, -0.2) is 4.79 Å². The molecule has 1 aliphatic heterocycles. The molecular weight excluding hydrogens is 544 g/mol. The van der Waals surface area contributed by atoms with Crippen molar-refractivity contribution in [3.63, 3.8) is 0 Å². The molecule has 5 heteroatoms. The number of hydrogen-bond acceptors (Lipinski definition) is 5. The Morgan fingerprint density at radius 2 is 1.68 bits per heavy atom. The molecule has 2 aliphatic rings. The van der Waals surface area contributed by atoms with E-state index in [0.29, 0.717) is 11.3 Å². The van der Waals surface area contributed by atoms with Gasteiger partial charge >= 0.3 is 5.97 Å². The van der Waals surface area contributed by atoms with E-state index in [4.69, 9.17) is 9.47 Å². The second kappa shape index (κ2) is 12.2. The Bertz CT molecular complexity index is 1700. The van der Waals surface area contributed by atoms with Crippen molar-refractivity contribution >= 4 is 29.6 Å². The summed E-state index contributed by atoms with van der Waals surface area (Å²) in [6, 6.07) is 29.7. The number of carbonyl (C=O) groups is 1. The van der Waals surface area contributed by atoms with Gasteiger partial charge in [0.2, 0.25) is 0 Å². The Hall–Kier alpha value is -4.64. The number of aliphatic imine (C=N–C) groups is 1. The molecule has 0 bridgehead atoms. The van der Waals surface area contributed by atoms with Crippen molar-refractivity contribution in [3.05, 3.63) is 125 Å². The van der Waals surface area contributed by atoms with Crippen molar-refractivity contribution in [1.82, 2.24) is 0 Å². The number of esters is 1. The van der Waals surface area contributed by atoms with Gasteiger partial charge in [-0.05, 0) is 95.4 Å². The van der Waals surface area contributed by atoms with Crippen LogP contribution in [-0.2, 0) is 11.8 Å². The zero-order valence-electron chi connectivity index (χ0n) is 26.0. The van der Waals surface area contributed by atoms with E-state index in [1.807, 2.05) is 54.7 Å². The predicted molar refractivity (Wildman–Crippen MR) is 180 cm³/mol. The number of benzene rings is 4. The van der Waals surface area contributed by atoms with Gasteiger partial charge in [-0.15, -0.1) is 0 Å². The fourth-order valence-corrected chi connectivity index (χ4v) is 6.54. The second-order valence-electron chi connectivity index (χ2n) is 12.3. The summed E-state index contributed by atoms with van der Waals surface area (Å²) >= 11 is 0. The number of rotatable bonds is 9. The zero-order valence-corrected chi connectivity index (χ0v) is 26.0. The van der Waals surface area contributed by atoms with Crippen LogP contribution in [0.2, 0.25) is 0 Å². The number of para-hydroxylation sites is 1. The van der Waals surface area contributed by atoms with Crippen molar-refractivity contribution in [2.24, 2.45) is 4.99 Å². The van der Waals surface area contributed by atoms with Gasteiger partial charge in [0.1, 0.15) is 11.5 Å². The molecule has 1 heterocycles.